The number of nitrogens with zero attached hydrogens (tertiary/aromatic N) is 2. The summed E-state index contributed by atoms with van der Waals surface area (Å²) < 4.78 is 5.46. The summed E-state index contributed by atoms with van der Waals surface area (Å²) in [6.45, 7) is 0.383. The third-order valence-electron chi connectivity index (χ3n) is 3.14. The number of rotatable bonds is 4. The monoisotopic (exact) mass is 362 g/mol. The van der Waals surface area contributed by atoms with Gasteiger partial charge in [0.15, 0.2) is 0 Å². The summed E-state index contributed by atoms with van der Waals surface area (Å²) in [6, 6.07) is 2.91. The Labute approximate surface area is 128 Å². The predicted octanol–water partition coefficient (Wildman–Crippen LogP) is 2.96. The first kappa shape index (κ1) is 15.1. The van der Waals surface area contributed by atoms with Crippen molar-refractivity contribution in [3.05, 3.63) is 26.7 Å². The fourth-order valence-corrected chi connectivity index (χ4v) is 3.04. The minimum atomic E-state index is -0.524. The van der Waals surface area contributed by atoms with Crippen LogP contribution >= 0.6 is 27.5 Å². The van der Waals surface area contributed by atoms with Gasteiger partial charge in [0.1, 0.15) is 11.4 Å². The average Bonchev–Trinajstić information content (AvgIpc) is 2.78. The van der Waals surface area contributed by atoms with Crippen LogP contribution in [0.4, 0.5) is 11.4 Å². The highest BCUT2D eigenvalue weighted by molar-refractivity contribution is 9.10. The van der Waals surface area contributed by atoms with Gasteiger partial charge in [0.25, 0.3) is 5.69 Å². The molecule has 1 aromatic rings. The molecular weight excluding hydrogens is 351 g/mol. The number of halogens is 2. The second kappa shape index (κ2) is 5.97. The number of nitro benzene ring substituents is 1. The number of hydrogen-bond donors (Lipinski definition) is 0. The Morgan fingerprint density at radius 1 is 1.60 bits per heavy atom. The van der Waals surface area contributed by atoms with E-state index in [9.17, 15) is 14.9 Å². The highest BCUT2D eigenvalue weighted by Gasteiger charge is 2.35. The van der Waals surface area contributed by atoms with Gasteiger partial charge in [0.2, 0.25) is 5.91 Å². The van der Waals surface area contributed by atoms with Crippen LogP contribution in [0.15, 0.2) is 16.6 Å². The number of alkyl halides is 1. The maximum Gasteiger partial charge on any atom is 0.297 e. The summed E-state index contributed by atoms with van der Waals surface area (Å²) in [5.41, 5.74) is 0.0909. The van der Waals surface area contributed by atoms with E-state index in [1.165, 1.54) is 18.1 Å². The molecule has 6 nitrogen and oxygen atoms in total. The molecule has 0 bridgehead atoms. The summed E-state index contributed by atoms with van der Waals surface area (Å²) >= 11 is 9.05. The van der Waals surface area contributed by atoms with E-state index < -0.39 is 4.92 Å². The Morgan fingerprint density at radius 3 is 2.80 bits per heavy atom. The minimum Gasteiger partial charge on any atom is -0.496 e. The summed E-state index contributed by atoms with van der Waals surface area (Å²) in [5.74, 6) is 0.555. The molecule has 8 heteroatoms. The van der Waals surface area contributed by atoms with E-state index in [0.717, 1.165) is 0 Å². The number of anilines is 1. The molecule has 1 fully saturated rings. The van der Waals surface area contributed by atoms with Crippen LogP contribution in [0.25, 0.3) is 0 Å². The van der Waals surface area contributed by atoms with Crippen molar-refractivity contribution in [3.63, 3.8) is 0 Å². The van der Waals surface area contributed by atoms with Crippen molar-refractivity contribution in [1.29, 1.82) is 0 Å². The van der Waals surface area contributed by atoms with Crippen molar-refractivity contribution in [2.45, 2.75) is 6.42 Å². The van der Waals surface area contributed by atoms with E-state index in [4.69, 9.17) is 16.3 Å². The molecule has 108 valence electrons. The van der Waals surface area contributed by atoms with Gasteiger partial charge in [-0.1, -0.05) is 0 Å². The zero-order valence-electron chi connectivity index (χ0n) is 10.6. The molecule has 20 heavy (non-hydrogen) atoms. The maximum absolute atomic E-state index is 12.0. The topological polar surface area (TPSA) is 72.7 Å². The molecular formula is C12H12BrClN2O4. The van der Waals surface area contributed by atoms with Crippen LogP contribution in [0.3, 0.4) is 0 Å². The van der Waals surface area contributed by atoms with Crippen molar-refractivity contribution in [2.24, 2.45) is 5.92 Å². The van der Waals surface area contributed by atoms with Gasteiger partial charge in [-0.2, -0.15) is 0 Å². The largest absolute Gasteiger partial charge is 0.496 e. The smallest absolute Gasteiger partial charge is 0.297 e. The van der Waals surface area contributed by atoms with Crippen molar-refractivity contribution in [2.75, 3.05) is 24.4 Å². The Bertz CT molecular complexity index is 567. The van der Waals surface area contributed by atoms with Crippen LogP contribution in [-0.4, -0.2) is 30.4 Å². The second-order valence-electron chi connectivity index (χ2n) is 4.46. The molecule has 1 amide bonds. The first-order chi connectivity index (χ1) is 9.47. The van der Waals surface area contributed by atoms with Crippen LogP contribution in [0.2, 0.25) is 0 Å². The number of benzene rings is 1. The molecule has 1 aromatic carbocycles. The molecule has 1 heterocycles. The van der Waals surface area contributed by atoms with Crippen LogP contribution < -0.4 is 9.64 Å². The molecule has 1 unspecified atom stereocenters. The molecule has 0 saturated carbocycles. The molecule has 0 spiro atoms. The molecule has 1 atom stereocenters. The summed E-state index contributed by atoms with van der Waals surface area (Å²) in [5, 5.41) is 11.2. The number of nitro groups is 1. The van der Waals surface area contributed by atoms with E-state index in [-0.39, 0.29) is 23.2 Å². The molecule has 1 saturated heterocycles. The Morgan fingerprint density at radius 2 is 2.30 bits per heavy atom. The molecule has 1 aliphatic rings. The van der Waals surface area contributed by atoms with Gasteiger partial charge in [-0.3, -0.25) is 14.9 Å². The Kier molecular flexibility index (Phi) is 4.49. The van der Waals surface area contributed by atoms with Crippen LogP contribution in [-0.2, 0) is 4.79 Å². The molecule has 2 rings (SSSR count). The van der Waals surface area contributed by atoms with Crippen molar-refractivity contribution in [3.8, 4) is 5.75 Å². The Hall–Kier alpha value is -1.34. The van der Waals surface area contributed by atoms with E-state index in [1.807, 2.05) is 0 Å². The molecule has 0 aromatic heterocycles. The summed E-state index contributed by atoms with van der Waals surface area (Å²) in [6.07, 6.45) is 0.305. The van der Waals surface area contributed by atoms with Gasteiger partial charge in [-0.15, -0.1) is 11.6 Å². The van der Waals surface area contributed by atoms with Gasteiger partial charge in [-0.05, 0) is 27.9 Å². The first-order valence-electron chi connectivity index (χ1n) is 5.86. The lowest BCUT2D eigenvalue weighted by molar-refractivity contribution is -0.384. The summed E-state index contributed by atoms with van der Waals surface area (Å²) in [4.78, 5) is 24.1. The fraction of sp³-hybridized carbons (Fsp3) is 0.417. The third kappa shape index (κ3) is 2.73. The van der Waals surface area contributed by atoms with Crippen LogP contribution in [0, 0.1) is 16.0 Å². The zero-order valence-corrected chi connectivity index (χ0v) is 13.0. The van der Waals surface area contributed by atoms with Crippen LogP contribution in [0.5, 0.6) is 5.75 Å². The Balaban J connectivity index is 2.50. The average molecular weight is 364 g/mol. The number of hydrogen-bond acceptors (Lipinski definition) is 4. The van der Waals surface area contributed by atoms with Gasteiger partial charge >= 0.3 is 0 Å². The number of carbonyl (C=O) groups is 1. The second-order valence-corrected chi connectivity index (χ2v) is 5.63. The minimum absolute atomic E-state index is 0.0118. The van der Waals surface area contributed by atoms with Gasteiger partial charge in [-0.25, -0.2) is 0 Å². The number of carbonyl (C=O) groups excluding carboxylic acids is 1. The lowest BCUT2D eigenvalue weighted by Crippen LogP contribution is -2.26. The molecule has 0 N–H and O–H groups in total. The third-order valence-corrected chi connectivity index (χ3v) is 4.18. The SMILES string of the molecule is COc1cc(Br)c(N2CC(CCl)CC2=O)c([N+](=O)[O-])c1. The van der Waals surface area contributed by atoms with E-state index >= 15 is 0 Å². The molecule has 0 aliphatic carbocycles. The predicted molar refractivity (Wildman–Crippen MR) is 78.5 cm³/mol. The van der Waals surface area contributed by atoms with E-state index in [0.29, 0.717) is 29.1 Å². The highest BCUT2D eigenvalue weighted by atomic mass is 79.9. The van der Waals surface area contributed by atoms with Gasteiger partial charge < -0.3 is 9.64 Å². The van der Waals surface area contributed by atoms with Gasteiger partial charge in [0.05, 0.1) is 22.6 Å². The van der Waals surface area contributed by atoms with Crippen molar-refractivity contribution in [1.82, 2.24) is 0 Å². The zero-order chi connectivity index (χ0) is 14.9. The highest BCUT2D eigenvalue weighted by Crippen LogP contribution is 2.41. The quantitative estimate of drug-likeness (QED) is 0.468. The normalized spacial score (nSPS) is 18.4. The van der Waals surface area contributed by atoms with Gasteiger partial charge in [0, 0.05) is 18.8 Å². The molecule has 0 radical (unpaired) electrons. The van der Waals surface area contributed by atoms with Crippen molar-refractivity contribution >= 4 is 44.8 Å². The van der Waals surface area contributed by atoms with E-state index in [2.05, 4.69) is 15.9 Å². The molecule has 1 aliphatic heterocycles. The number of amides is 1. The number of methoxy groups -OCH3 is 1. The standard InChI is InChI=1S/C12H12BrClN2O4/c1-20-8-3-9(13)12(10(4-8)16(18)19)15-6-7(5-14)2-11(15)17/h3-4,7H,2,5-6H2,1H3. The van der Waals surface area contributed by atoms with E-state index in [1.54, 1.807) is 6.07 Å². The maximum atomic E-state index is 12.0. The lowest BCUT2D eigenvalue weighted by Gasteiger charge is -2.18. The number of ether oxygens (including phenoxy) is 1. The fourth-order valence-electron chi connectivity index (χ4n) is 2.19. The lowest BCUT2D eigenvalue weighted by atomic mass is 10.1. The first-order valence-corrected chi connectivity index (χ1v) is 7.19. The summed E-state index contributed by atoms with van der Waals surface area (Å²) in [7, 11) is 1.43. The van der Waals surface area contributed by atoms with Crippen LogP contribution in [0.1, 0.15) is 6.42 Å². The van der Waals surface area contributed by atoms with Crippen molar-refractivity contribution < 1.29 is 14.5 Å².